The molecule has 3 N–H and O–H groups in total. The third-order valence-corrected chi connectivity index (χ3v) is 6.71. The van der Waals surface area contributed by atoms with E-state index >= 15 is 0 Å². The van der Waals surface area contributed by atoms with E-state index in [1.807, 2.05) is 35.8 Å². The van der Waals surface area contributed by atoms with Crippen LogP contribution in [0.4, 0.5) is 4.79 Å². The van der Waals surface area contributed by atoms with Crippen LogP contribution in [0, 0.1) is 11.3 Å². The Kier molecular flexibility index (Phi) is 9.82. The highest BCUT2D eigenvalue weighted by Gasteiger charge is 2.30. The number of hydrogen-bond acceptors (Lipinski definition) is 4. The molecule has 1 aromatic carbocycles. The Hall–Kier alpha value is -2.28. The van der Waals surface area contributed by atoms with Crippen molar-refractivity contribution in [2.24, 2.45) is 11.7 Å². The van der Waals surface area contributed by atoms with Gasteiger partial charge in [-0.25, -0.2) is 4.79 Å². The van der Waals surface area contributed by atoms with Gasteiger partial charge in [0, 0.05) is 38.2 Å². The number of nitrogen functional groups attached to an aromatic ring is 1. The van der Waals surface area contributed by atoms with Crippen LogP contribution < -0.4 is 5.73 Å². The lowest BCUT2D eigenvalue weighted by Crippen LogP contribution is -2.49. The molecule has 32 heavy (non-hydrogen) atoms. The van der Waals surface area contributed by atoms with Gasteiger partial charge in [0.15, 0.2) is 0 Å². The average molecular weight is 465 g/mol. The van der Waals surface area contributed by atoms with E-state index in [2.05, 4.69) is 12.1 Å². The van der Waals surface area contributed by atoms with Crippen molar-refractivity contribution in [1.82, 2.24) is 9.80 Å². The number of piperidine rings is 2. The summed E-state index contributed by atoms with van der Waals surface area (Å²) in [6, 6.07) is 8.04. The highest BCUT2D eigenvalue weighted by molar-refractivity contribution is 5.94. The lowest BCUT2D eigenvalue weighted by Gasteiger charge is -2.38. The largest absolute Gasteiger partial charge is 0.463 e. The van der Waals surface area contributed by atoms with Crippen molar-refractivity contribution >= 4 is 30.2 Å². The molecule has 0 aromatic heterocycles. The molecular formula is C24H37ClN4O3. The first-order valence-electron chi connectivity index (χ1n) is 11.5. The van der Waals surface area contributed by atoms with Crippen LogP contribution in [-0.2, 0) is 9.53 Å². The first-order valence-corrected chi connectivity index (χ1v) is 11.5. The lowest BCUT2D eigenvalue weighted by atomic mass is 9.89. The maximum absolute atomic E-state index is 13.0. The third-order valence-electron chi connectivity index (χ3n) is 6.71. The fourth-order valence-electron chi connectivity index (χ4n) is 4.46. The molecule has 2 saturated heterocycles. The maximum atomic E-state index is 13.0. The van der Waals surface area contributed by atoms with Gasteiger partial charge >= 0.3 is 12.0 Å². The molecule has 1 atom stereocenters. The summed E-state index contributed by atoms with van der Waals surface area (Å²) in [5.41, 5.74) is 7.53. The second kappa shape index (κ2) is 12.1. The zero-order valence-electron chi connectivity index (χ0n) is 19.2. The predicted molar refractivity (Wildman–Crippen MR) is 128 cm³/mol. The summed E-state index contributed by atoms with van der Waals surface area (Å²) < 4.78 is 5.39. The van der Waals surface area contributed by atoms with E-state index in [0.717, 1.165) is 50.8 Å². The molecule has 0 spiro atoms. The van der Waals surface area contributed by atoms with E-state index in [4.69, 9.17) is 15.9 Å². The number of carbonyl (C=O) groups excluding carboxylic acids is 2. The van der Waals surface area contributed by atoms with Crippen molar-refractivity contribution < 1.29 is 14.3 Å². The van der Waals surface area contributed by atoms with Gasteiger partial charge in [-0.2, -0.15) is 0 Å². The van der Waals surface area contributed by atoms with Crippen molar-refractivity contribution in [3.05, 3.63) is 35.4 Å². The van der Waals surface area contributed by atoms with Crippen LogP contribution >= 0.6 is 12.4 Å². The van der Waals surface area contributed by atoms with Crippen LogP contribution in [-0.4, -0.2) is 59.9 Å². The number of amidine groups is 1. The smallest absolute Gasteiger partial charge is 0.319 e. The van der Waals surface area contributed by atoms with Gasteiger partial charge in [0.25, 0.3) is 0 Å². The fourth-order valence-corrected chi connectivity index (χ4v) is 4.46. The maximum Gasteiger partial charge on any atom is 0.319 e. The number of carbonyl (C=O) groups is 2. The second-order valence-corrected chi connectivity index (χ2v) is 8.92. The zero-order valence-corrected chi connectivity index (χ0v) is 20.0. The Morgan fingerprint density at radius 3 is 2.09 bits per heavy atom. The number of amides is 2. The zero-order chi connectivity index (χ0) is 22.4. The van der Waals surface area contributed by atoms with Gasteiger partial charge in [0.05, 0.1) is 6.10 Å². The molecule has 2 aliphatic heterocycles. The number of ether oxygens (including phenoxy) is 1. The SMILES string of the molecule is CC[C@H](C)OC(=O)CC1CCN(C(=O)N2CCC(c3ccc(C(=N)N)cc3)CC2)CC1.Cl. The van der Waals surface area contributed by atoms with Gasteiger partial charge in [-0.05, 0) is 56.4 Å². The normalized spacial score (nSPS) is 18.6. The molecular weight excluding hydrogens is 428 g/mol. The Labute approximate surface area is 197 Å². The summed E-state index contributed by atoms with van der Waals surface area (Å²) in [5, 5.41) is 7.51. The molecule has 2 aliphatic rings. The third kappa shape index (κ3) is 6.86. The van der Waals surface area contributed by atoms with Crippen molar-refractivity contribution in [3.8, 4) is 0 Å². The molecule has 2 amide bonds. The highest BCUT2D eigenvalue weighted by Crippen LogP contribution is 2.29. The number of nitrogens with two attached hydrogens (primary N) is 1. The number of esters is 1. The number of hydrogen-bond donors (Lipinski definition) is 2. The van der Waals surface area contributed by atoms with Crippen molar-refractivity contribution in [2.75, 3.05) is 26.2 Å². The van der Waals surface area contributed by atoms with Gasteiger partial charge in [-0.1, -0.05) is 31.2 Å². The van der Waals surface area contributed by atoms with Gasteiger partial charge in [-0.15, -0.1) is 12.4 Å². The molecule has 0 saturated carbocycles. The Morgan fingerprint density at radius 1 is 1.06 bits per heavy atom. The molecule has 0 aliphatic carbocycles. The topological polar surface area (TPSA) is 99.7 Å². The molecule has 2 heterocycles. The predicted octanol–water partition coefficient (Wildman–Crippen LogP) is 4.14. The first-order chi connectivity index (χ1) is 14.9. The lowest BCUT2D eigenvalue weighted by molar-refractivity contribution is -0.149. The summed E-state index contributed by atoms with van der Waals surface area (Å²) in [5.74, 6) is 0.720. The number of likely N-dealkylation sites (tertiary alicyclic amines) is 2. The van der Waals surface area contributed by atoms with E-state index in [-0.39, 0.29) is 36.3 Å². The Bertz CT molecular complexity index is 770. The quantitative estimate of drug-likeness (QED) is 0.375. The van der Waals surface area contributed by atoms with Gasteiger partial charge in [-0.3, -0.25) is 10.2 Å². The van der Waals surface area contributed by atoms with E-state index < -0.39 is 0 Å². The average Bonchev–Trinajstić information content (AvgIpc) is 2.79. The summed E-state index contributed by atoms with van der Waals surface area (Å²) in [6.45, 7) is 6.88. The molecule has 0 radical (unpaired) electrons. The minimum absolute atomic E-state index is 0. The van der Waals surface area contributed by atoms with E-state index in [1.54, 1.807) is 0 Å². The molecule has 7 nitrogen and oxygen atoms in total. The second-order valence-electron chi connectivity index (χ2n) is 8.92. The fraction of sp³-hybridized carbons (Fsp3) is 0.625. The Balaban J connectivity index is 0.00000363. The molecule has 1 aromatic rings. The highest BCUT2D eigenvalue weighted by atomic mass is 35.5. The number of nitrogens with zero attached hydrogens (tertiary/aromatic N) is 2. The summed E-state index contributed by atoms with van der Waals surface area (Å²) in [7, 11) is 0. The number of urea groups is 1. The van der Waals surface area contributed by atoms with E-state index in [1.165, 1.54) is 5.56 Å². The van der Waals surface area contributed by atoms with Crippen molar-refractivity contribution in [2.45, 2.75) is 64.4 Å². The summed E-state index contributed by atoms with van der Waals surface area (Å²) in [6.07, 6.45) is 4.88. The molecule has 0 bridgehead atoms. The van der Waals surface area contributed by atoms with Crippen LogP contribution in [0.1, 0.15) is 69.4 Å². The number of halogens is 1. The first kappa shape index (κ1) is 26.0. The minimum Gasteiger partial charge on any atom is -0.463 e. The minimum atomic E-state index is -0.113. The number of rotatable bonds is 6. The monoisotopic (exact) mass is 464 g/mol. The van der Waals surface area contributed by atoms with Gasteiger partial charge < -0.3 is 20.3 Å². The summed E-state index contributed by atoms with van der Waals surface area (Å²) in [4.78, 5) is 28.9. The van der Waals surface area contributed by atoms with Crippen LogP contribution in [0.25, 0.3) is 0 Å². The molecule has 178 valence electrons. The van der Waals surface area contributed by atoms with E-state index in [0.29, 0.717) is 31.3 Å². The van der Waals surface area contributed by atoms with Crippen LogP contribution in [0.5, 0.6) is 0 Å². The standard InChI is InChI=1S/C24H36N4O3.ClH/c1-3-17(2)31-22(29)16-18-8-12-27(13-9-18)24(30)28-14-10-20(11-15-28)19-4-6-21(7-5-19)23(25)26;/h4-7,17-18,20H,3,8-16H2,1-2H3,(H3,25,26);1H/t17-;/m0./s1. The van der Waals surface area contributed by atoms with Gasteiger partial charge in [0.1, 0.15) is 5.84 Å². The van der Waals surface area contributed by atoms with Crippen LogP contribution in [0.2, 0.25) is 0 Å². The van der Waals surface area contributed by atoms with E-state index in [9.17, 15) is 9.59 Å². The van der Waals surface area contributed by atoms with Crippen molar-refractivity contribution in [3.63, 3.8) is 0 Å². The molecule has 8 heteroatoms. The van der Waals surface area contributed by atoms with Gasteiger partial charge in [0.2, 0.25) is 0 Å². The van der Waals surface area contributed by atoms with Crippen molar-refractivity contribution in [1.29, 1.82) is 5.41 Å². The molecule has 0 unspecified atom stereocenters. The van der Waals surface area contributed by atoms with Crippen LogP contribution in [0.3, 0.4) is 0 Å². The number of benzene rings is 1. The molecule has 2 fully saturated rings. The summed E-state index contributed by atoms with van der Waals surface area (Å²) >= 11 is 0. The molecule has 3 rings (SSSR count). The van der Waals surface area contributed by atoms with Crippen LogP contribution in [0.15, 0.2) is 24.3 Å². The number of nitrogens with one attached hydrogen (secondary N) is 1. The Morgan fingerprint density at radius 2 is 1.59 bits per heavy atom.